The van der Waals surface area contributed by atoms with Crippen LogP contribution in [-0.2, 0) is 25.7 Å². The molecule has 3 heterocycles. The Morgan fingerprint density at radius 2 is 1.37 bits per heavy atom. The first-order valence-corrected chi connectivity index (χ1v) is 15.1. The molecule has 1 aliphatic heterocycles. The van der Waals surface area contributed by atoms with Crippen LogP contribution in [0.25, 0.3) is 49.3 Å². The Bertz CT molecular complexity index is 2230. The van der Waals surface area contributed by atoms with Crippen molar-refractivity contribution >= 4 is 49.3 Å². The van der Waals surface area contributed by atoms with Gasteiger partial charge in [-0.1, -0.05) is 36.4 Å². The predicted molar refractivity (Wildman–Crippen MR) is 168 cm³/mol. The number of allylic oxidation sites excluding steroid dienone is 4. The quantitative estimate of drug-likeness (QED) is 0.242. The average Bonchev–Trinajstić information content (AvgIpc) is 3.47. The van der Waals surface area contributed by atoms with Gasteiger partial charge in [-0.2, -0.15) is 0 Å². The van der Waals surface area contributed by atoms with E-state index in [9.17, 15) is 0 Å². The van der Waals surface area contributed by atoms with Crippen molar-refractivity contribution in [3.8, 4) is 0 Å². The molecular weight excluding hydrogens is 500 g/mol. The number of hydrogen-bond donors (Lipinski definition) is 1. The van der Waals surface area contributed by atoms with Crippen molar-refractivity contribution in [1.29, 1.82) is 0 Å². The second-order valence-corrected chi connectivity index (χ2v) is 12.4. The zero-order valence-corrected chi connectivity index (χ0v) is 23.2. The number of aromatic nitrogens is 1. The van der Waals surface area contributed by atoms with Gasteiger partial charge in [0.15, 0.2) is 0 Å². The number of rotatable bonds is 2. The molecule has 1 N–H and O–H groups in total. The van der Waals surface area contributed by atoms with E-state index in [1.54, 1.807) is 0 Å². The summed E-state index contributed by atoms with van der Waals surface area (Å²) in [5.74, 6) is 0. The lowest BCUT2D eigenvalue weighted by atomic mass is 9.84. The van der Waals surface area contributed by atoms with Crippen molar-refractivity contribution in [3.63, 3.8) is 0 Å². The molecule has 0 radical (unpaired) electrons. The highest BCUT2D eigenvalue weighted by molar-refractivity contribution is 6.17. The number of fused-ring (bicyclic) bond motifs is 8. The number of benzene rings is 4. The summed E-state index contributed by atoms with van der Waals surface area (Å²) in [5, 5.41) is 9.17. The number of hydrogen-bond acceptors (Lipinski definition) is 2. The van der Waals surface area contributed by atoms with Crippen LogP contribution in [0.2, 0.25) is 0 Å². The SMILES string of the molecule is CC1=C(c2ccccc2)C2=C(C=CCC2)NC1n1c2cc3c(cc2c2cc4c(cc21)oc1cc2c(cc14)CC2)CC3. The molecule has 0 bridgehead atoms. The monoisotopic (exact) mass is 530 g/mol. The molecule has 10 rings (SSSR count). The second kappa shape index (κ2) is 7.82. The summed E-state index contributed by atoms with van der Waals surface area (Å²) in [6, 6.07) is 25.3. The summed E-state index contributed by atoms with van der Waals surface area (Å²) in [7, 11) is 0. The Balaban J connectivity index is 1.29. The summed E-state index contributed by atoms with van der Waals surface area (Å²) in [6.45, 7) is 2.33. The van der Waals surface area contributed by atoms with Crippen molar-refractivity contribution in [1.82, 2.24) is 9.88 Å². The molecule has 3 heteroatoms. The molecule has 1 atom stereocenters. The first kappa shape index (κ1) is 22.2. The van der Waals surface area contributed by atoms with Gasteiger partial charge in [0.2, 0.25) is 0 Å². The maximum Gasteiger partial charge on any atom is 0.137 e. The fraction of sp³-hybridized carbons (Fsp3) is 0.211. The van der Waals surface area contributed by atoms with E-state index in [2.05, 4.69) is 95.7 Å². The standard InChI is InChI=1S/C38H30N2O/c1-21-37(22-7-3-2-4-8-22)27-9-5-6-10-32(27)39-38(21)40-33-17-25-13-11-23(25)15-28(33)29-19-31-30-16-24-12-14-26(24)18-35(30)41-36(31)20-34(29)40/h2-4,6-8,10,15-20,38-39H,5,9,11-14H2,1H3. The Kier molecular flexibility index (Phi) is 4.24. The van der Waals surface area contributed by atoms with Crippen molar-refractivity contribution in [3.05, 3.63) is 124 Å². The van der Waals surface area contributed by atoms with Gasteiger partial charge in [-0.3, -0.25) is 0 Å². The molecule has 1 unspecified atom stereocenters. The summed E-state index contributed by atoms with van der Waals surface area (Å²) in [5.41, 5.74) is 17.2. The first-order chi connectivity index (χ1) is 20.2. The van der Waals surface area contributed by atoms with Crippen LogP contribution in [0.1, 0.15) is 53.7 Å². The molecule has 198 valence electrons. The lowest BCUT2D eigenvalue weighted by Crippen LogP contribution is -2.32. The van der Waals surface area contributed by atoms with E-state index in [4.69, 9.17) is 4.42 Å². The lowest BCUT2D eigenvalue weighted by molar-refractivity contribution is 0.527. The molecule has 0 amide bonds. The maximum atomic E-state index is 6.57. The van der Waals surface area contributed by atoms with Crippen LogP contribution >= 0.6 is 0 Å². The van der Waals surface area contributed by atoms with E-state index in [-0.39, 0.29) is 6.17 Å². The largest absolute Gasteiger partial charge is 0.456 e. The fourth-order valence-electron chi connectivity index (χ4n) is 7.93. The van der Waals surface area contributed by atoms with Crippen molar-refractivity contribution in [2.45, 2.75) is 51.6 Å². The van der Waals surface area contributed by atoms with Gasteiger partial charge in [0.05, 0.1) is 11.0 Å². The first-order valence-electron chi connectivity index (χ1n) is 15.1. The third-order valence-corrected chi connectivity index (χ3v) is 10.3. The highest BCUT2D eigenvalue weighted by Gasteiger charge is 2.31. The molecule has 6 aromatic rings. The third kappa shape index (κ3) is 2.94. The zero-order valence-electron chi connectivity index (χ0n) is 23.2. The summed E-state index contributed by atoms with van der Waals surface area (Å²) >= 11 is 0. The van der Waals surface area contributed by atoms with Crippen molar-refractivity contribution < 1.29 is 4.42 Å². The molecule has 2 aromatic heterocycles. The smallest absolute Gasteiger partial charge is 0.137 e. The van der Waals surface area contributed by atoms with E-state index in [0.717, 1.165) is 24.0 Å². The van der Waals surface area contributed by atoms with E-state index in [0.29, 0.717) is 0 Å². The minimum atomic E-state index is 0.00644. The van der Waals surface area contributed by atoms with Crippen LogP contribution in [0, 0.1) is 0 Å². The Morgan fingerprint density at radius 3 is 2.17 bits per heavy atom. The normalized spacial score (nSPS) is 19.4. The predicted octanol–water partition coefficient (Wildman–Crippen LogP) is 9.07. The van der Waals surface area contributed by atoms with E-state index in [1.165, 1.54) is 108 Å². The zero-order chi connectivity index (χ0) is 26.8. The molecule has 0 spiro atoms. The Hall–Kier alpha value is -4.50. The number of nitrogens with zero attached hydrogens (tertiary/aromatic N) is 1. The third-order valence-electron chi connectivity index (χ3n) is 10.3. The lowest BCUT2D eigenvalue weighted by Gasteiger charge is -2.35. The van der Waals surface area contributed by atoms with E-state index < -0.39 is 0 Å². The van der Waals surface area contributed by atoms with Gasteiger partial charge in [0.25, 0.3) is 0 Å². The Labute approximate surface area is 238 Å². The number of nitrogens with one attached hydrogen (secondary N) is 1. The van der Waals surface area contributed by atoms with Crippen LogP contribution in [-0.4, -0.2) is 4.57 Å². The molecular formula is C38H30N2O. The maximum absolute atomic E-state index is 6.57. The van der Waals surface area contributed by atoms with Crippen LogP contribution in [0.5, 0.6) is 0 Å². The van der Waals surface area contributed by atoms with Gasteiger partial charge < -0.3 is 14.3 Å². The van der Waals surface area contributed by atoms with Gasteiger partial charge in [0, 0.05) is 33.3 Å². The van der Waals surface area contributed by atoms with Crippen LogP contribution in [0.3, 0.4) is 0 Å². The molecule has 0 saturated carbocycles. The second-order valence-electron chi connectivity index (χ2n) is 12.4. The highest BCUT2D eigenvalue weighted by Crippen LogP contribution is 2.46. The number of dihydropyridines is 1. The van der Waals surface area contributed by atoms with Crippen molar-refractivity contribution in [2.75, 3.05) is 0 Å². The molecule has 4 aromatic carbocycles. The topological polar surface area (TPSA) is 30.1 Å². The van der Waals surface area contributed by atoms with E-state index in [1.807, 2.05) is 0 Å². The molecule has 41 heavy (non-hydrogen) atoms. The van der Waals surface area contributed by atoms with Gasteiger partial charge >= 0.3 is 0 Å². The number of aryl methyl sites for hydroxylation is 4. The average molecular weight is 531 g/mol. The van der Waals surface area contributed by atoms with Gasteiger partial charge in [-0.25, -0.2) is 0 Å². The summed E-state index contributed by atoms with van der Waals surface area (Å²) in [4.78, 5) is 0. The van der Waals surface area contributed by atoms with E-state index >= 15 is 0 Å². The fourth-order valence-corrected chi connectivity index (χ4v) is 7.93. The highest BCUT2D eigenvalue weighted by atomic mass is 16.3. The molecule has 4 aliphatic rings. The minimum Gasteiger partial charge on any atom is -0.456 e. The van der Waals surface area contributed by atoms with Crippen LogP contribution in [0.15, 0.2) is 100 Å². The molecule has 3 aliphatic carbocycles. The van der Waals surface area contributed by atoms with Gasteiger partial charge in [-0.05, 0) is 126 Å². The summed E-state index contributed by atoms with van der Waals surface area (Å²) in [6.07, 6.45) is 11.5. The van der Waals surface area contributed by atoms with Crippen LogP contribution in [0.4, 0.5) is 0 Å². The number of furan rings is 1. The molecule has 3 nitrogen and oxygen atoms in total. The summed E-state index contributed by atoms with van der Waals surface area (Å²) < 4.78 is 9.13. The minimum absolute atomic E-state index is 0.00644. The Morgan fingerprint density at radius 1 is 0.707 bits per heavy atom. The van der Waals surface area contributed by atoms with Crippen molar-refractivity contribution in [2.24, 2.45) is 0 Å². The van der Waals surface area contributed by atoms with Gasteiger partial charge in [-0.15, -0.1) is 0 Å². The van der Waals surface area contributed by atoms with Crippen LogP contribution < -0.4 is 5.32 Å². The van der Waals surface area contributed by atoms with Gasteiger partial charge in [0.1, 0.15) is 17.3 Å². The molecule has 0 saturated heterocycles. The molecule has 0 fully saturated rings.